The van der Waals surface area contributed by atoms with Gasteiger partial charge in [-0.05, 0) is 29.7 Å². The number of hydrogen-bond acceptors (Lipinski definition) is 2. The molecule has 2 nitrogen and oxygen atoms in total. The zero-order chi connectivity index (χ0) is 19.9. The number of hydrogen-bond donors (Lipinski definition) is 0. The molecule has 0 aliphatic carbocycles. The van der Waals surface area contributed by atoms with Gasteiger partial charge >= 0.3 is 0 Å². The van der Waals surface area contributed by atoms with Gasteiger partial charge in [0.25, 0.3) is 0 Å². The third kappa shape index (κ3) is 6.87. The molecule has 0 aliphatic heterocycles. The van der Waals surface area contributed by atoms with Crippen LogP contribution in [0, 0.1) is 0 Å². The van der Waals surface area contributed by atoms with Gasteiger partial charge in [-0.1, -0.05) is 96.2 Å². The van der Waals surface area contributed by atoms with Crippen molar-refractivity contribution in [2.45, 2.75) is 52.1 Å². The molecule has 0 radical (unpaired) electrons. The molecule has 0 heterocycles. The van der Waals surface area contributed by atoms with Crippen molar-refractivity contribution in [2.24, 2.45) is 0 Å². The van der Waals surface area contributed by atoms with Gasteiger partial charge in [0.1, 0.15) is 0 Å². The van der Waals surface area contributed by atoms with Crippen molar-refractivity contribution in [1.82, 2.24) is 0 Å². The first kappa shape index (κ1) is 21.8. The molecule has 4 heteroatoms. The molecule has 0 saturated heterocycles. The van der Waals surface area contributed by atoms with Gasteiger partial charge in [0.15, 0.2) is 5.78 Å². The van der Waals surface area contributed by atoms with Crippen molar-refractivity contribution in [3.8, 4) is 0 Å². The molecule has 0 fully saturated rings. The van der Waals surface area contributed by atoms with Crippen LogP contribution in [0.1, 0.15) is 24.5 Å². The Hall–Kier alpha value is -1.49. The van der Waals surface area contributed by atoms with Crippen molar-refractivity contribution in [3.05, 3.63) is 81.5 Å². The van der Waals surface area contributed by atoms with Gasteiger partial charge in [0, 0.05) is 10.9 Å². The number of carbonyl (C=O) groups is 1. The average Bonchev–Trinajstić information content (AvgIpc) is 2.65. The highest BCUT2D eigenvalue weighted by molar-refractivity contribution is 9.11. The van der Waals surface area contributed by atoms with Crippen molar-refractivity contribution in [1.29, 1.82) is 0 Å². The molecular weight excluding hydrogens is 416 g/mol. The van der Waals surface area contributed by atoms with Gasteiger partial charge in [0.05, 0.1) is 20.8 Å². The van der Waals surface area contributed by atoms with Crippen LogP contribution in [0.25, 0.3) is 0 Å². The van der Waals surface area contributed by atoms with Crippen LogP contribution < -0.4 is 0 Å². The van der Waals surface area contributed by atoms with Gasteiger partial charge in [-0.25, -0.2) is 0 Å². The number of Topliss-reactive ketones (excluding diaryl/α,β-unsaturated/α-hetero) is 1. The number of halogens is 1. The van der Waals surface area contributed by atoms with Gasteiger partial charge in [-0.15, -0.1) is 0 Å². The van der Waals surface area contributed by atoms with Crippen LogP contribution in [0.5, 0.6) is 0 Å². The second-order valence-electron chi connectivity index (χ2n) is 7.82. The number of ketones is 1. The Morgan fingerprint density at radius 2 is 1.48 bits per heavy atom. The topological polar surface area (TPSA) is 26.3 Å². The number of ether oxygens (including phenoxy) is 1. The fraction of sp³-hybridized carbons (Fsp3) is 0.348. The van der Waals surface area contributed by atoms with Crippen LogP contribution in [-0.4, -0.2) is 20.0 Å². The second kappa shape index (κ2) is 10.2. The third-order valence-electron chi connectivity index (χ3n) is 4.45. The number of aryl methyl sites for hydroxylation is 1. The molecular formula is C23H29BrO2Si. The largest absolute Gasteiger partial charge is 0.369 e. The first-order chi connectivity index (χ1) is 12.8. The fourth-order valence-corrected chi connectivity index (χ4v) is 7.03. The lowest BCUT2D eigenvalue weighted by Crippen LogP contribution is -2.32. The summed E-state index contributed by atoms with van der Waals surface area (Å²) in [6, 6.07) is 20.3. The van der Waals surface area contributed by atoms with E-state index in [0.717, 1.165) is 21.7 Å². The zero-order valence-electron chi connectivity index (χ0n) is 16.7. The zero-order valence-corrected chi connectivity index (χ0v) is 19.3. The average molecular weight is 445 g/mol. The van der Waals surface area contributed by atoms with E-state index in [1.165, 1.54) is 5.56 Å². The highest BCUT2D eigenvalue weighted by Gasteiger charge is 2.30. The second-order valence-corrected chi connectivity index (χ2v) is 13.7. The van der Waals surface area contributed by atoms with E-state index in [9.17, 15) is 4.79 Å². The van der Waals surface area contributed by atoms with Crippen molar-refractivity contribution >= 4 is 29.8 Å². The Morgan fingerprint density at radius 1 is 0.963 bits per heavy atom. The summed E-state index contributed by atoms with van der Waals surface area (Å²) in [6.45, 7) is 9.20. The molecule has 2 aromatic carbocycles. The van der Waals surface area contributed by atoms with Gasteiger partial charge in [-0.3, -0.25) is 4.79 Å². The van der Waals surface area contributed by atoms with Gasteiger partial charge in [-0.2, -0.15) is 0 Å². The van der Waals surface area contributed by atoms with Crippen molar-refractivity contribution in [3.63, 3.8) is 0 Å². The normalized spacial score (nSPS) is 13.8. The predicted octanol–water partition coefficient (Wildman–Crippen LogP) is 6.32. The summed E-state index contributed by atoms with van der Waals surface area (Å²) in [7, 11) is -1.82. The molecule has 0 amide bonds. The van der Waals surface area contributed by atoms with E-state index in [1.54, 1.807) is 0 Å². The van der Waals surface area contributed by atoms with E-state index in [0.29, 0.717) is 13.0 Å². The molecule has 0 aromatic heterocycles. The fourth-order valence-electron chi connectivity index (χ4n) is 3.01. The first-order valence-electron chi connectivity index (χ1n) is 9.42. The molecule has 0 spiro atoms. The van der Waals surface area contributed by atoms with Gasteiger partial charge in [0.2, 0.25) is 0 Å². The van der Waals surface area contributed by atoms with Crippen LogP contribution >= 0.6 is 15.9 Å². The van der Waals surface area contributed by atoms with E-state index >= 15 is 0 Å². The number of benzene rings is 2. The molecule has 1 atom stereocenters. The Kier molecular flexibility index (Phi) is 8.21. The Morgan fingerprint density at radius 3 is 2.00 bits per heavy atom. The molecule has 0 bridgehead atoms. The quantitative estimate of drug-likeness (QED) is 0.334. The monoisotopic (exact) mass is 444 g/mol. The van der Waals surface area contributed by atoms with E-state index in [4.69, 9.17) is 4.74 Å². The molecule has 2 rings (SSSR count). The number of carbonyl (C=O) groups excluding carboxylic acids is 1. The van der Waals surface area contributed by atoms with Crippen LogP contribution in [-0.2, 0) is 22.6 Å². The van der Waals surface area contributed by atoms with E-state index < -0.39 is 8.07 Å². The van der Waals surface area contributed by atoms with E-state index in [-0.39, 0.29) is 11.9 Å². The maximum absolute atomic E-state index is 13.1. The maximum atomic E-state index is 13.1. The molecule has 0 aliphatic rings. The molecule has 144 valence electrons. The smallest absolute Gasteiger partial charge is 0.156 e. The van der Waals surface area contributed by atoms with E-state index in [2.05, 4.69) is 59.8 Å². The predicted molar refractivity (Wildman–Crippen MR) is 120 cm³/mol. The summed E-state index contributed by atoms with van der Waals surface area (Å²) in [5, 5.41) is 0.957. The minimum Gasteiger partial charge on any atom is -0.369 e. The lowest BCUT2D eigenvalue weighted by molar-refractivity contribution is -0.115. The molecule has 0 N–H and O–H groups in total. The molecule has 1 unspecified atom stereocenters. The minimum atomic E-state index is -1.82. The first-order valence-corrected chi connectivity index (χ1v) is 13.7. The number of allylic oxidation sites excluding steroid dienone is 1. The standard InChI is InChI=1S/C23H29BrO2Si/c1-18(26-17-20-13-9-6-10-14-20)22(24)23(27(2,3)4)21(25)16-15-19-11-7-5-8-12-19/h5-14,18H,15-17H2,1-4H3/b23-22+. The highest BCUT2D eigenvalue weighted by atomic mass is 79.9. The minimum absolute atomic E-state index is 0.146. The SMILES string of the molecule is CC(OCc1ccccc1)/C(Br)=C(/C(=O)CCc1ccccc1)[Si](C)(C)C. The van der Waals surface area contributed by atoms with Crippen LogP contribution in [0.15, 0.2) is 70.3 Å². The summed E-state index contributed by atoms with van der Waals surface area (Å²) in [4.78, 5) is 13.1. The summed E-state index contributed by atoms with van der Waals surface area (Å²) in [5.41, 5.74) is 2.33. The van der Waals surface area contributed by atoms with Crippen molar-refractivity contribution < 1.29 is 9.53 Å². The third-order valence-corrected chi connectivity index (χ3v) is 7.91. The molecule has 0 saturated carbocycles. The Bertz CT molecular complexity index is 764. The molecule has 27 heavy (non-hydrogen) atoms. The number of rotatable bonds is 9. The Balaban J connectivity index is 2.10. The van der Waals surface area contributed by atoms with Crippen LogP contribution in [0.2, 0.25) is 19.6 Å². The maximum Gasteiger partial charge on any atom is 0.156 e. The van der Waals surface area contributed by atoms with Crippen LogP contribution in [0.4, 0.5) is 0 Å². The van der Waals surface area contributed by atoms with E-state index in [1.807, 2.05) is 43.3 Å². The summed E-state index contributed by atoms with van der Waals surface area (Å²) < 4.78 is 6.96. The molecule has 2 aromatic rings. The Labute approximate surface area is 172 Å². The van der Waals surface area contributed by atoms with Crippen molar-refractivity contribution in [2.75, 3.05) is 0 Å². The van der Waals surface area contributed by atoms with Gasteiger partial charge < -0.3 is 4.74 Å². The lowest BCUT2D eigenvalue weighted by Gasteiger charge is -2.25. The summed E-state index contributed by atoms with van der Waals surface area (Å²) >= 11 is 3.71. The summed E-state index contributed by atoms with van der Waals surface area (Å²) in [5.74, 6) is 0.236. The lowest BCUT2D eigenvalue weighted by atomic mass is 10.1. The van der Waals surface area contributed by atoms with Crippen LogP contribution in [0.3, 0.4) is 0 Å². The summed E-state index contributed by atoms with van der Waals surface area (Å²) in [6.07, 6.45) is 1.16. The highest BCUT2D eigenvalue weighted by Crippen LogP contribution is 2.29.